The van der Waals surface area contributed by atoms with Crippen LogP contribution in [0.2, 0.25) is 0 Å². The van der Waals surface area contributed by atoms with E-state index in [9.17, 15) is 9.59 Å². The van der Waals surface area contributed by atoms with Crippen LogP contribution in [0, 0.1) is 6.92 Å². The van der Waals surface area contributed by atoms with Gasteiger partial charge in [0.25, 0.3) is 0 Å². The van der Waals surface area contributed by atoms with E-state index in [1.54, 1.807) is 12.1 Å². The number of hydrogen-bond donors (Lipinski definition) is 1. The third kappa shape index (κ3) is 1.92. The lowest BCUT2D eigenvalue weighted by Crippen LogP contribution is -2.05. The topological polar surface area (TPSA) is 59.3 Å². The van der Waals surface area contributed by atoms with Crippen molar-refractivity contribution < 1.29 is 9.21 Å². The number of aryl methyl sites for hydroxylation is 1. The molecule has 0 aliphatic carbocycles. The molecule has 2 aromatic rings. The maximum atomic E-state index is 11.0. The highest BCUT2D eigenvalue weighted by Gasteiger charge is 2.07. The molecule has 2 rings (SSSR count). The maximum absolute atomic E-state index is 11.0. The van der Waals surface area contributed by atoms with Crippen LogP contribution in [0.15, 0.2) is 21.3 Å². The lowest BCUT2D eigenvalue weighted by molar-refractivity contribution is -0.114. The standard InChI is InChI=1S/C10H9NO3S/c1-5-3-7(11-6(2)12)4-8-9(5)14-10(13)15-8/h3-4H,1-2H3,(H,11,12). The highest BCUT2D eigenvalue weighted by molar-refractivity contribution is 7.16. The first-order chi connectivity index (χ1) is 7.06. The van der Waals surface area contributed by atoms with Gasteiger partial charge in [0, 0.05) is 12.6 Å². The van der Waals surface area contributed by atoms with Crippen molar-refractivity contribution in [1.82, 2.24) is 0 Å². The van der Waals surface area contributed by atoms with Crippen LogP contribution in [0.1, 0.15) is 12.5 Å². The van der Waals surface area contributed by atoms with Crippen LogP contribution >= 0.6 is 11.3 Å². The number of nitrogens with one attached hydrogen (secondary N) is 1. The van der Waals surface area contributed by atoms with Gasteiger partial charge in [-0.15, -0.1) is 0 Å². The summed E-state index contributed by atoms with van der Waals surface area (Å²) in [4.78, 5) is 21.6. The predicted octanol–water partition coefficient (Wildman–Crippen LogP) is 2.12. The van der Waals surface area contributed by atoms with Gasteiger partial charge in [0.05, 0.1) is 4.70 Å². The van der Waals surface area contributed by atoms with Crippen molar-refractivity contribution in [1.29, 1.82) is 0 Å². The highest BCUT2D eigenvalue weighted by Crippen LogP contribution is 2.25. The molecule has 1 N–H and O–H groups in total. The van der Waals surface area contributed by atoms with E-state index in [-0.39, 0.29) is 10.8 Å². The van der Waals surface area contributed by atoms with Crippen molar-refractivity contribution in [3.63, 3.8) is 0 Å². The summed E-state index contributed by atoms with van der Waals surface area (Å²) in [5.74, 6) is -0.135. The minimum atomic E-state index is -0.326. The van der Waals surface area contributed by atoms with Crippen molar-refractivity contribution in [3.05, 3.63) is 27.4 Å². The quantitative estimate of drug-likeness (QED) is 0.805. The Morgan fingerprint density at radius 3 is 2.87 bits per heavy atom. The fourth-order valence-corrected chi connectivity index (χ4v) is 2.20. The Labute approximate surface area is 89.5 Å². The van der Waals surface area contributed by atoms with Crippen molar-refractivity contribution in [2.45, 2.75) is 13.8 Å². The first kappa shape index (κ1) is 9.92. The van der Waals surface area contributed by atoms with Crippen LogP contribution in [0.5, 0.6) is 0 Å². The van der Waals surface area contributed by atoms with E-state index in [0.717, 1.165) is 21.6 Å². The number of carbonyl (C=O) groups excluding carboxylic acids is 1. The zero-order valence-electron chi connectivity index (χ0n) is 8.29. The van der Waals surface area contributed by atoms with Gasteiger partial charge >= 0.3 is 4.94 Å². The Hall–Kier alpha value is -1.62. The summed E-state index contributed by atoms with van der Waals surface area (Å²) in [5.41, 5.74) is 2.12. The Bertz CT molecular complexity index is 582. The Morgan fingerprint density at radius 2 is 2.20 bits per heavy atom. The summed E-state index contributed by atoms with van der Waals surface area (Å²) in [6.07, 6.45) is 0. The number of amides is 1. The molecule has 0 saturated carbocycles. The lowest BCUT2D eigenvalue weighted by Gasteiger charge is -2.02. The molecule has 0 atom stereocenters. The molecule has 4 nitrogen and oxygen atoms in total. The minimum absolute atomic E-state index is 0.135. The SMILES string of the molecule is CC(=O)Nc1cc(C)c2oc(=O)sc2c1. The predicted molar refractivity (Wildman–Crippen MR) is 59.4 cm³/mol. The van der Waals surface area contributed by atoms with Crippen LogP contribution in [0.4, 0.5) is 5.69 Å². The largest absolute Gasteiger partial charge is 0.414 e. The second-order valence-electron chi connectivity index (χ2n) is 3.26. The van der Waals surface area contributed by atoms with E-state index >= 15 is 0 Å². The monoisotopic (exact) mass is 223 g/mol. The molecule has 5 heteroatoms. The molecule has 0 bridgehead atoms. The van der Waals surface area contributed by atoms with Gasteiger partial charge in [0.15, 0.2) is 5.58 Å². The van der Waals surface area contributed by atoms with Gasteiger partial charge in [0.2, 0.25) is 5.91 Å². The molecule has 0 fully saturated rings. The van der Waals surface area contributed by atoms with Crippen molar-refractivity contribution >= 4 is 33.2 Å². The van der Waals surface area contributed by atoms with Crippen molar-refractivity contribution in [3.8, 4) is 0 Å². The van der Waals surface area contributed by atoms with Gasteiger partial charge in [-0.05, 0) is 24.6 Å². The second kappa shape index (κ2) is 3.51. The van der Waals surface area contributed by atoms with E-state index in [1.807, 2.05) is 6.92 Å². The number of hydrogen-bond acceptors (Lipinski definition) is 4. The van der Waals surface area contributed by atoms with Gasteiger partial charge < -0.3 is 9.73 Å². The third-order valence-corrected chi connectivity index (χ3v) is 2.71. The molecule has 0 radical (unpaired) electrons. The Morgan fingerprint density at radius 1 is 1.47 bits per heavy atom. The smallest absolute Gasteiger partial charge is 0.396 e. The zero-order chi connectivity index (χ0) is 11.0. The second-order valence-corrected chi connectivity index (χ2v) is 4.23. The van der Waals surface area contributed by atoms with Gasteiger partial charge in [0.1, 0.15) is 0 Å². The van der Waals surface area contributed by atoms with Gasteiger partial charge in [-0.3, -0.25) is 4.79 Å². The van der Waals surface area contributed by atoms with E-state index < -0.39 is 0 Å². The van der Waals surface area contributed by atoms with Crippen LogP contribution in [-0.2, 0) is 4.79 Å². The third-order valence-electron chi connectivity index (χ3n) is 1.94. The summed E-state index contributed by atoms with van der Waals surface area (Å²) >= 11 is 1.03. The summed E-state index contributed by atoms with van der Waals surface area (Å²) in [5, 5.41) is 2.67. The molecule has 0 aliphatic heterocycles. The summed E-state index contributed by atoms with van der Waals surface area (Å²) in [6.45, 7) is 3.28. The van der Waals surface area contributed by atoms with Crippen LogP contribution in [0.3, 0.4) is 0 Å². The lowest BCUT2D eigenvalue weighted by atomic mass is 10.2. The van der Waals surface area contributed by atoms with Crippen molar-refractivity contribution in [2.75, 3.05) is 5.32 Å². The number of anilines is 1. The molecule has 0 unspecified atom stereocenters. The van der Waals surface area contributed by atoms with Crippen molar-refractivity contribution in [2.24, 2.45) is 0 Å². The van der Waals surface area contributed by atoms with E-state index in [0.29, 0.717) is 11.3 Å². The molecule has 1 aromatic carbocycles. The summed E-state index contributed by atoms with van der Waals surface area (Å²) < 4.78 is 5.76. The van der Waals surface area contributed by atoms with Gasteiger partial charge in [-0.2, -0.15) is 0 Å². The number of fused-ring (bicyclic) bond motifs is 1. The first-order valence-corrected chi connectivity index (χ1v) is 5.20. The van der Waals surface area contributed by atoms with Crippen LogP contribution in [0.25, 0.3) is 10.3 Å². The molecule has 1 aromatic heterocycles. The molecule has 1 heterocycles. The fourth-order valence-electron chi connectivity index (χ4n) is 1.42. The van der Waals surface area contributed by atoms with Gasteiger partial charge in [-0.1, -0.05) is 11.3 Å². The van der Waals surface area contributed by atoms with E-state index in [2.05, 4.69) is 5.32 Å². The Kier molecular flexibility index (Phi) is 2.32. The molecule has 15 heavy (non-hydrogen) atoms. The first-order valence-electron chi connectivity index (χ1n) is 4.38. The number of carbonyl (C=O) groups is 1. The van der Waals surface area contributed by atoms with Crippen LogP contribution < -0.4 is 10.3 Å². The Balaban J connectivity index is 2.61. The summed E-state index contributed by atoms with van der Waals surface area (Å²) in [7, 11) is 0. The molecular formula is C10H9NO3S. The molecule has 1 amide bonds. The molecule has 78 valence electrons. The minimum Gasteiger partial charge on any atom is -0.414 e. The zero-order valence-corrected chi connectivity index (χ0v) is 9.10. The normalized spacial score (nSPS) is 10.5. The average Bonchev–Trinajstić information content (AvgIpc) is 2.44. The number of benzene rings is 1. The van der Waals surface area contributed by atoms with Gasteiger partial charge in [-0.25, -0.2) is 4.79 Å². The molecular weight excluding hydrogens is 214 g/mol. The van der Waals surface area contributed by atoms with Crippen LogP contribution in [-0.4, -0.2) is 5.91 Å². The molecule has 0 aliphatic rings. The highest BCUT2D eigenvalue weighted by atomic mass is 32.1. The fraction of sp³-hybridized carbons (Fsp3) is 0.200. The number of rotatable bonds is 1. The average molecular weight is 223 g/mol. The summed E-state index contributed by atoms with van der Waals surface area (Å²) in [6, 6.07) is 3.51. The van der Waals surface area contributed by atoms with E-state index in [1.165, 1.54) is 6.92 Å². The van der Waals surface area contributed by atoms with E-state index in [4.69, 9.17) is 4.42 Å². The molecule has 0 spiro atoms. The maximum Gasteiger partial charge on any atom is 0.396 e. The molecule has 0 saturated heterocycles.